The summed E-state index contributed by atoms with van der Waals surface area (Å²) in [5.74, 6) is -0.131. The van der Waals surface area contributed by atoms with Crippen LogP contribution in [0.3, 0.4) is 0 Å². The number of rotatable bonds is 7. The number of carbonyl (C=O) groups excluding carboxylic acids is 3. The van der Waals surface area contributed by atoms with Gasteiger partial charge in [-0.25, -0.2) is 4.79 Å². The molecule has 0 bridgehead atoms. The van der Waals surface area contributed by atoms with E-state index in [1.165, 1.54) is 0 Å². The van der Waals surface area contributed by atoms with Gasteiger partial charge in [-0.15, -0.1) is 0 Å². The predicted octanol–water partition coefficient (Wildman–Crippen LogP) is 2.06. The number of ether oxygens (including phenoxy) is 1. The number of hydrogen-bond acceptors (Lipinski definition) is 4. The minimum Gasteiger partial charge on any atom is -0.444 e. The van der Waals surface area contributed by atoms with Crippen LogP contribution in [-0.4, -0.2) is 54.6 Å². The SMILES string of the molecule is CCCCNC(=O)C1CCCN(C(=O)CCNC(=O)OC(C)(C)C)C1. The molecule has 0 aliphatic carbocycles. The molecule has 3 amide bonds. The van der Waals surface area contributed by atoms with Crippen molar-refractivity contribution in [2.24, 2.45) is 5.92 Å². The van der Waals surface area contributed by atoms with Crippen molar-refractivity contribution in [1.29, 1.82) is 0 Å². The lowest BCUT2D eigenvalue weighted by molar-refractivity contribution is -0.135. The average Bonchev–Trinajstić information content (AvgIpc) is 2.53. The zero-order valence-electron chi connectivity index (χ0n) is 16.0. The molecule has 0 aromatic rings. The van der Waals surface area contributed by atoms with Crippen molar-refractivity contribution in [2.75, 3.05) is 26.2 Å². The zero-order valence-corrected chi connectivity index (χ0v) is 16.0. The number of carbonyl (C=O) groups is 3. The Morgan fingerprint density at radius 3 is 2.52 bits per heavy atom. The Morgan fingerprint density at radius 2 is 1.88 bits per heavy atom. The molecule has 25 heavy (non-hydrogen) atoms. The number of hydrogen-bond donors (Lipinski definition) is 2. The normalized spacial score (nSPS) is 17.8. The van der Waals surface area contributed by atoms with E-state index >= 15 is 0 Å². The van der Waals surface area contributed by atoms with Crippen LogP contribution in [0.4, 0.5) is 4.79 Å². The molecule has 1 aliphatic heterocycles. The average molecular weight is 355 g/mol. The topological polar surface area (TPSA) is 87.7 Å². The molecule has 1 heterocycles. The van der Waals surface area contributed by atoms with E-state index < -0.39 is 11.7 Å². The lowest BCUT2D eigenvalue weighted by Crippen LogP contribution is -2.46. The lowest BCUT2D eigenvalue weighted by atomic mass is 9.97. The van der Waals surface area contributed by atoms with E-state index in [0.29, 0.717) is 19.6 Å². The maximum Gasteiger partial charge on any atom is 0.407 e. The van der Waals surface area contributed by atoms with E-state index in [9.17, 15) is 14.4 Å². The van der Waals surface area contributed by atoms with Crippen molar-refractivity contribution < 1.29 is 19.1 Å². The van der Waals surface area contributed by atoms with E-state index in [0.717, 1.165) is 25.7 Å². The Bertz CT molecular complexity index is 460. The smallest absolute Gasteiger partial charge is 0.407 e. The third-order valence-corrected chi connectivity index (χ3v) is 3.98. The molecule has 7 nitrogen and oxygen atoms in total. The molecule has 1 fully saturated rings. The van der Waals surface area contributed by atoms with Crippen LogP contribution in [-0.2, 0) is 14.3 Å². The molecule has 0 aromatic carbocycles. The number of unbranched alkanes of at least 4 members (excludes halogenated alkanes) is 1. The second-order valence-electron chi connectivity index (χ2n) is 7.50. The molecule has 0 saturated carbocycles. The van der Waals surface area contributed by atoms with Gasteiger partial charge in [0.25, 0.3) is 0 Å². The molecule has 144 valence electrons. The maximum atomic E-state index is 12.3. The third-order valence-electron chi connectivity index (χ3n) is 3.98. The van der Waals surface area contributed by atoms with E-state index in [4.69, 9.17) is 4.74 Å². The standard InChI is InChI=1S/C18H33N3O4/c1-5-6-10-19-16(23)14-8-7-12-21(13-14)15(22)9-11-20-17(24)25-18(2,3)4/h14H,5-13H2,1-4H3,(H,19,23)(H,20,24). The Kier molecular flexibility index (Phi) is 8.72. The summed E-state index contributed by atoms with van der Waals surface area (Å²) in [5, 5.41) is 5.53. The van der Waals surface area contributed by atoms with E-state index in [-0.39, 0.29) is 30.7 Å². The quantitative estimate of drug-likeness (QED) is 0.684. The minimum absolute atomic E-state index is 0.0397. The van der Waals surface area contributed by atoms with Crippen LogP contribution in [0.15, 0.2) is 0 Å². The van der Waals surface area contributed by atoms with Gasteiger partial charge in [0, 0.05) is 32.6 Å². The number of piperidine rings is 1. The van der Waals surface area contributed by atoms with Crippen molar-refractivity contribution in [3.8, 4) is 0 Å². The van der Waals surface area contributed by atoms with Crippen LogP contribution >= 0.6 is 0 Å². The molecule has 1 saturated heterocycles. The summed E-state index contributed by atoms with van der Waals surface area (Å²) >= 11 is 0. The fraction of sp³-hybridized carbons (Fsp3) is 0.833. The number of nitrogens with zero attached hydrogens (tertiary/aromatic N) is 1. The molecule has 1 atom stereocenters. The fourth-order valence-electron chi connectivity index (χ4n) is 2.69. The minimum atomic E-state index is -0.556. The van der Waals surface area contributed by atoms with Crippen LogP contribution in [0.1, 0.15) is 59.8 Å². The molecule has 1 rings (SSSR count). The molecule has 1 unspecified atom stereocenters. The van der Waals surface area contributed by atoms with Gasteiger partial charge in [0.2, 0.25) is 11.8 Å². The summed E-state index contributed by atoms with van der Waals surface area (Å²) in [6, 6.07) is 0. The van der Waals surface area contributed by atoms with Gasteiger partial charge in [0.05, 0.1) is 5.92 Å². The molecule has 1 aliphatic rings. The van der Waals surface area contributed by atoms with E-state index in [1.807, 2.05) is 0 Å². The zero-order chi connectivity index (χ0) is 18.9. The highest BCUT2D eigenvalue weighted by Gasteiger charge is 2.28. The number of likely N-dealkylation sites (tertiary alicyclic amines) is 1. The highest BCUT2D eigenvalue weighted by Crippen LogP contribution is 2.17. The fourth-order valence-corrected chi connectivity index (χ4v) is 2.69. The summed E-state index contributed by atoms with van der Waals surface area (Å²) in [6.45, 7) is 9.51. The van der Waals surface area contributed by atoms with Gasteiger partial charge >= 0.3 is 6.09 Å². The first-order chi connectivity index (χ1) is 11.7. The van der Waals surface area contributed by atoms with Crippen LogP contribution in [0, 0.1) is 5.92 Å². The number of alkyl carbamates (subject to hydrolysis) is 1. The number of nitrogens with one attached hydrogen (secondary N) is 2. The maximum absolute atomic E-state index is 12.3. The Balaban J connectivity index is 2.33. The molecule has 7 heteroatoms. The van der Waals surface area contributed by atoms with Crippen molar-refractivity contribution in [2.45, 2.75) is 65.4 Å². The summed E-state index contributed by atoms with van der Waals surface area (Å²) in [5.41, 5.74) is -0.556. The largest absolute Gasteiger partial charge is 0.444 e. The van der Waals surface area contributed by atoms with Crippen LogP contribution in [0.2, 0.25) is 0 Å². The second-order valence-corrected chi connectivity index (χ2v) is 7.50. The molecule has 0 spiro atoms. The Hall–Kier alpha value is -1.79. The van der Waals surface area contributed by atoms with Gasteiger partial charge in [-0.05, 0) is 40.0 Å². The summed E-state index contributed by atoms with van der Waals surface area (Å²) in [7, 11) is 0. The Labute approximate surface area is 150 Å². The van der Waals surface area contributed by atoms with Gasteiger partial charge in [0.15, 0.2) is 0 Å². The number of amides is 3. The highest BCUT2D eigenvalue weighted by molar-refractivity contribution is 5.81. The van der Waals surface area contributed by atoms with E-state index in [1.54, 1.807) is 25.7 Å². The van der Waals surface area contributed by atoms with Gasteiger partial charge in [-0.3, -0.25) is 9.59 Å². The van der Waals surface area contributed by atoms with Crippen molar-refractivity contribution >= 4 is 17.9 Å². The summed E-state index contributed by atoms with van der Waals surface area (Å²) in [4.78, 5) is 37.7. The molecule has 2 N–H and O–H groups in total. The van der Waals surface area contributed by atoms with Gasteiger partial charge < -0.3 is 20.3 Å². The van der Waals surface area contributed by atoms with Gasteiger partial charge in [-0.2, -0.15) is 0 Å². The van der Waals surface area contributed by atoms with Crippen molar-refractivity contribution in [3.05, 3.63) is 0 Å². The Morgan fingerprint density at radius 1 is 1.16 bits per heavy atom. The summed E-state index contributed by atoms with van der Waals surface area (Å²) < 4.78 is 5.13. The van der Waals surface area contributed by atoms with Crippen molar-refractivity contribution in [1.82, 2.24) is 15.5 Å². The lowest BCUT2D eigenvalue weighted by Gasteiger charge is -2.32. The molecule has 0 radical (unpaired) electrons. The molecular weight excluding hydrogens is 322 g/mol. The van der Waals surface area contributed by atoms with Crippen LogP contribution in [0.25, 0.3) is 0 Å². The van der Waals surface area contributed by atoms with Crippen LogP contribution in [0.5, 0.6) is 0 Å². The second kappa shape index (κ2) is 10.3. The van der Waals surface area contributed by atoms with Gasteiger partial charge in [-0.1, -0.05) is 13.3 Å². The van der Waals surface area contributed by atoms with Gasteiger partial charge in [0.1, 0.15) is 5.60 Å². The predicted molar refractivity (Wildman–Crippen MR) is 96.1 cm³/mol. The molecule has 0 aromatic heterocycles. The van der Waals surface area contributed by atoms with E-state index in [2.05, 4.69) is 17.6 Å². The third kappa shape index (κ3) is 8.74. The highest BCUT2D eigenvalue weighted by atomic mass is 16.6. The molecular formula is C18H33N3O4. The summed E-state index contributed by atoms with van der Waals surface area (Å²) in [6.07, 6.45) is 3.35. The first kappa shape index (κ1) is 21.3. The van der Waals surface area contributed by atoms with Crippen LogP contribution < -0.4 is 10.6 Å². The van der Waals surface area contributed by atoms with Crippen molar-refractivity contribution in [3.63, 3.8) is 0 Å². The first-order valence-corrected chi connectivity index (χ1v) is 9.25. The first-order valence-electron chi connectivity index (χ1n) is 9.25. The monoisotopic (exact) mass is 355 g/mol.